The summed E-state index contributed by atoms with van der Waals surface area (Å²) in [6.07, 6.45) is 1.49. The van der Waals surface area contributed by atoms with Gasteiger partial charge in [-0.15, -0.1) is 0 Å². The van der Waals surface area contributed by atoms with Gasteiger partial charge in [-0.2, -0.15) is 0 Å². The van der Waals surface area contributed by atoms with Gasteiger partial charge in [0, 0.05) is 5.56 Å². The van der Waals surface area contributed by atoms with Gasteiger partial charge in [0.2, 0.25) is 0 Å². The van der Waals surface area contributed by atoms with Gasteiger partial charge in [0.05, 0.1) is 18.9 Å². The molecule has 3 aromatic rings. The Balaban J connectivity index is 1.90. The number of fused-ring (bicyclic) bond motifs is 1. The Bertz CT molecular complexity index is 1340. The number of ether oxygens (including phenoxy) is 2. The second kappa shape index (κ2) is 9.39. The van der Waals surface area contributed by atoms with E-state index in [1.807, 2.05) is 58.0 Å². The number of aryl methyl sites for hydroxylation is 1. The number of rotatable bonds is 6. The van der Waals surface area contributed by atoms with Crippen LogP contribution in [0, 0.1) is 13.8 Å². The second-order valence-corrected chi connectivity index (χ2v) is 7.90. The topological polar surface area (TPSA) is 84.9 Å². The van der Waals surface area contributed by atoms with Crippen molar-refractivity contribution in [3.05, 3.63) is 70.8 Å². The first kappa shape index (κ1) is 23.0. The number of amides is 4. The number of benzene rings is 3. The van der Waals surface area contributed by atoms with Gasteiger partial charge in [-0.3, -0.25) is 14.9 Å². The Kier molecular flexibility index (Phi) is 6.36. The van der Waals surface area contributed by atoms with Crippen molar-refractivity contribution in [2.45, 2.75) is 27.7 Å². The highest BCUT2D eigenvalue weighted by molar-refractivity contribution is 6.39. The van der Waals surface area contributed by atoms with E-state index in [0.717, 1.165) is 26.8 Å². The highest BCUT2D eigenvalue weighted by Gasteiger charge is 2.37. The molecular formula is C27H26N2O5. The van der Waals surface area contributed by atoms with Crippen LogP contribution in [-0.2, 0) is 9.59 Å². The number of imide groups is 2. The van der Waals surface area contributed by atoms with Gasteiger partial charge in [0.25, 0.3) is 11.8 Å². The highest BCUT2D eigenvalue weighted by Crippen LogP contribution is 2.34. The molecule has 0 aromatic heterocycles. The van der Waals surface area contributed by atoms with Crippen molar-refractivity contribution in [3.8, 4) is 11.5 Å². The van der Waals surface area contributed by atoms with E-state index in [-0.39, 0.29) is 5.57 Å². The minimum Gasteiger partial charge on any atom is -0.494 e. The third-order valence-electron chi connectivity index (χ3n) is 5.81. The number of urea groups is 1. The molecule has 34 heavy (non-hydrogen) atoms. The SMILES string of the molecule is CCOc1ccc2ccc(OCC)c(/C=C3\C(=O)NC(=O)N(c4cccc(C)c4C)C3=O)c2c1. The molecule has 1 fully saturated rings. The third-order valence-corrected chi connectivity index (χ3v) is 5.81. The first-order valence-electron chi connectivity index (χ1n) is 11.2. The van der Waals surface area contributed by atoms with Crippen molar-refractivity contribution >= 4 is 40.4 Å². The summed E-state index contributed by atoms with van der Waals surface area (Å²) in [5.74, 6) is -0.262. The van der Waals surface area contributed by atoms with Crippen LogP contribution >= 0.6 is 0 Å². The molecule has 3 aromatic carbocycles. The predicted octanol–water partition coefficient (Wildman–Crippen LogP) is 4.92. The van der Waals surface area contributed by atoms with E-state index in [4.69, 9.17) is 9.47 Å². The molecule has 1 N–H and O–H groups in total. The number of nitrogens with one attached hydrogen (secondary N) is 1. The summed E-state index contributed by atoms with van der Waals surface area (Å²) >= 11 is 0. The summed E-state index contributed by atoms with van der Waals surface area (Å²) in [5.41, 5.74) is 2.55. The van der Waals surface area contributed by atoms with Gasteiger partial charge in [-0.25, -0.2) is 9.69 Å². The van der Waals surface area contributed by atoms with Crippen LogP contribution in [0.1, 0.15) is 30.5 Å². The Labute approximate surface area is 198 Å². The molecule has 0 atom stereocenters. The molecule has 1 saturated heterocycles. The number of nitrogens with zero attached hydrogens (tertiary/aromatic N) is 1. The fourth-order valence-corrected chi connectivity index (χ4v) is 3.99. The van der Waals surface area contributed by atoms with Gasteiger partial charge >= 0.3 is 6.03 Å². The maximum absolute atomic E-state index is 13.5. The highest BCUT2D eigenvalue weighted by atomic mass is 16.5. The lowest BCUT2D eigenvalue weighted by atomic mass is 9.99. The van der Waals surface area contributed by atoms with Crippen LogP contribution in [0.15, 0.2) is 54.1 Å². The first-order chi connectivity index (χ1) is 16.3. The molecule has 0 saturated carbocycles. The van der Waals surface area contributed by atoms with Gasteiger partial charge in [0.1, 0.15) is 17.1 Å². The summed E-state index contributed by atoms with van der Waals surface area (Å²) in [6.45, 7) is 8.39. The summed E-state index contributed by atoms with van der Waals surface area (Å²) in [5, 5.41) is 3.96. The summed E-state index contributed by atoms with van der Waals surface area (Å²) in [7, 11) is 0. The van der Waals surface area contributed by atoms with Gasteiger partial charge in [-0.05, 0) is 79.9 Å². The average Bonchev–Trinajstić information content (AvgIpc) is 2.80. The lowest BCUT2D eigenvalue weighted by Gasteiger charge is -2.28. The van der Waals surface area contributed by atoms with Crippen molar-refractivity contribution in [1.29, 1.82) is 0 Å². The number of hydrogen-bond donors (Lipinski definition) is 1. The lowest BCUT2D eigenvalue weighted by Crippen LogP contribution is -2.54. The summed E-state index contributed by atoms with van der Waals surface area (Å²) in [4.78, 5) is 40.0. The summed E-state index contributed by atoms with van der Waals surface area (Å²) in [6, 6.07) is 13.9. The quantitative estimate of drug-likeness (QED) is 0.419. The molecule has 0 spiro atoms. The Hall–Kier alpha value is -4.13. The van der Waals surface area contributed by atoms with Crippen LogP contribution in [0.4, 0.5) is 10.5 Å². The van der Waals surface area contributed by atoms with Crippen LogP contribution in [0.5, 0.6) is 11.5 Å². The molecule has 0 aliphatic carbocycles. The summed E-state index contributed by atoms with van der Waals surface area (Å²) < 4.78 is 11.5. The van der Waals surface area contributed by atoms with E-state index in [9.17, 15) is 14.4 Å². The minimum atomic E-state index is -0.776. The van der Waals surface area contributed by atoms with E-state index >= 15 is 0 Å². The number of carbonyl (C=O) groups is 3. The van der Waals surface area contributed by atoms with Gasteiger partial charge < -0.3 is 9.47 Å². The van der Waals surface area contributed by atoms with Crippen LogP contribution in [0.2, 0.25) is 0 Å². The molecule has 4 amide bonds. The molecule has 1 heterocycles. The first-order valence-corrected chi connectivity index (χ1v) is 11.2. The Morgan fingerprint density at radius 2 is 1.68 bits per heavy atom. The number of hydrogen-bond acceptors (Lipinski definition) is 5. The molecule has 174 valence electrons. The predicted molar refractivity (Wildman–Crippen MR) is 131 cm³/mol. The number of anilines is 1. The normalized spacial score (nSPS) is 15.1. The van der Waals surface area contributed by atoms with Crippen LogP contribution in [-0.4, -0.2) is 31.1 Å². The fraction of sp³-hybridized carbons (Fsp3) is 0.222. The van der Waals surface area contributed by atoms with Crippen molar-refractivity contribution in [2.75, 3.05) is 18.1 Å². The molecule has 1 aliphatic heterocycles. The van der Waals surface area contributed by atoms with Gasteiger partial charge in [0.15, 0.2) is 0 Å². The number of barbiturate groups is 1. The Morgan fingerprint density at radius 1 is 0.941 bits per heavy atom. The maximum atomic E-state index is 13.5. The van der Waals surface area contributed by atoms with E-state index in [1.165, 1.54) is 6.08 Å². The lowest BCUT2D eigenvalue weighted by molar-refractivity contribution is -0.122. The van der Waals surface area contributed by atoms with Crippen LogP contribution < -0.4 is 19.7 Å². The monoisotopic (exact) mass is 458 g/mol. The molecule has 0 bridgehead atoms. The zero-order valence-corrected chi connectivity index (χ0v) is 19.6. The molecular weight excluding hydrogens is 432 g/mol. The van der Waals surface area contributed by atoms with E-state index in [1.54, 1.807) is 18.2 Å². The largest absolute Gasteiger partial charge is 0.494 e. The molecule has 4 rings (SSSR count). The molecule has 7 nitrogen and oxygen atoms in total. The van der Waals surface area contributed by atoms with Gasteiger partial charge in [-0.1, -0.05) is 24.3 Å². The van der Waals surface area contributed by atoms with Crippen molar-refractivity contribution in [3.63, 3.8) is 0 Å². The number of carbonyl (C=O) groups excluding carboxylic acids is 3. The average molecular weight is 459 g/mol. The minimum absolute atomic E-state index is 0.157. The fourth-order valence-electron chi connectivity index (χ4n) is 3.99. The molecule has 0 unspecified atom stereocenters. The van der Waals surface area contributed by atoms with Crippen LogP contribution in [0.25, 0.3) is 16.8 Å². The standard InChI is InChI=1S/C27H26N2O5/c1-5-33-19-12-10-18-11-13-24(34-6-2)21(20(18)14-19)15-22-25(30)28-27(32)29(26(22)31)23-9-7-8-16(3)17(23)4/h7-15H,5-6H2,1-4H3,(H,28,30,32)/b22-15+. The van der Waals surface area contributed by atoms with Crippen molar-refractivity contribution in [1.82, 2.24) is 5.32 Å². The third kappa shape index (κ3) is 4.12. The van der Waals surface area contributed by atoms with Crippen molar-refractivity contribution in [2.24, 2.45) is 0 Å². The maximum Gasteiger partial charge on any atom is 0.335 e. The molecule has 1 aliphatic rings. The molecule has 0 radical (unpaired) electrons. The zero-order chi connectivity index (χ0) is 24.4. The zero-order valence-electron chi connectivity index (χ0n) is 19.6. The van der Waals surface area contributed by atoms with Crippen LogP contribution in [0.3, 0.4) is 0 Å². The smallest absolute Gasteiger partial charge is 0.335 e. The van der Waals surface area contributed by atoms with Crippen molar-refractivity contribution < 1.29 is 23.9 Å². The van der Waals surface area contributed by atoms with E-state index in [2.05, 4.69) is 5.32 Å². The Morgan fingerprint density at radius 3 is 2.41 bits per heavy atom. The molecule has 7 heteroatoms. The second-order valence-electron chi connectivity index (χ2n) is 7.90. The van der Waals surface area contributed by atoms with E-state index < -0.39 is 17.8 Å². The van der Waals surface area contributed by atoms with E-state index in [0.29, 0.717) is 36.0 Å².